The Morgan fingerprint density at radius 1 is 1.08 bits per heavy atom. The molecule has 8 heteroatoms. The molecule has 0 fully saturated rings. The van der Waals surface area contributed by atoms with E-state index in [1.807, 2.05) is 31.2 Å². The maximum atomic E-state index is 12.3. The number of thiazole rings is 1. The highest BCUT2D eigenvalue weighted by atomic mass is 32.2. The van der Waals surface area contributed by atoms with Gasteiger partial charge in [0.05, 0.1) is 4.90 Å². The second-order valence-electron chi connectivity index (χ2n) is 5.62. The van der Waals surface area contributed by atoms with Gasteiger partial charge in [0, 0.05) is 11.9 Å². The molecule has 1 amide bonds. The third kappa shape index (κ3) is 4.47. The third-order valence-electron chi connectivity index (χ3n) is 3.59. The Balaban J connectivity index is 1.64. The Morgan fingerprint density at radius 3 is 2.46 bits per heavy atom. The summed E-state index contributed by atoms with van der Waals surface area (Å²) in [5.41, 5.74) is 2.30. The van der Waals surface area contributed by atoms with Gasteiger partial charge in [-0.2, -0.15) is 0 Å². The quantitative estimate of drug-likeness (QED) is 0.680. The van der Waals surface area contributed by atoms with E-state index in [2.05, 4.69) is 15.0 Å². The molecule has 0 aliphatic heterocycles. The summed E-state index contributed by atoms with van der Waals surface area (Å²) < 4.78 is 26.9. The van der Waals surface area contributed by atoms with E-state index in [1.54, 1.807) is 18.2 Å². The summed E-state index contributed by atoms with van der Waals surface area (Å²) in [5, 5.41) is 4.44. The van der Waals surface area contributed by atoms with Gasteiger partial charge < -0.3 is 5.32 Å². The molecular formula is C18H17N3O3S2. The second kappa shape index (κ2) is 7.67. The number of nitrogens with zero attached hydrogens (tertiary/aromatic N) is 1. The zero-order valence-corrected chi connectivity index (χ0v) is 15.6. The van der Waals surface area contributed by atoms with E-state index in [0.29, 0.717) is 6.54 Å². The van der Waals surface area contributed by atoms with Crippen LogP contribution in [-0.4, -0.2) is 19.3 Å². The largest absolute Gasteiger partial charge is 0.347 e. The number of sulfonamides is 1. The molecule has 0 aliphatic carbocycles. The summed E-state index contributed by atoms with van der Waals surface area (Å²) in [6, 6.07) is 15.8. The Bertz CT molecular complexity index is 998. The number of aryl methyl sites for hydroxylation is 1. The molecule has 2 N–H and O–H groups in total. The van der Waals surface area contributed by atoms with Crippen LogP contribution >= 0.6 is 11.3 Å². The predicted molar refractivity (Wildman–Crippen MR) is 102 cm³/mol. The first kappa shape index (κ1) is 18.1. The molecule has 0 aliphatic rings. The Labute approximate surface area is 156 Å². The minimum Gasteiger partial charge on any atom is -0.347 e. The van der Waals surface area contributed by atoms with Crippen LogP contribution in [0.25, 0.3) is 0 Å². The van der Waals surface area contributed by atoms with Crippen molar-refractivity contribution in [3.8, 4) is 0 Å². The summed E-state index contributed by atoms with van der Waals surface area (Å²) in [5.74, 6) is -0.355. The number of aromatic nitrogens is 1. The lowest BCUT2D eigenvalue weighted by Crippen LogP contribution is -2.23. The van der Waals surface area contributed by atoms with Crippen molar-refractivity contribution in [2.24, 2.45) is 0 Å². The Morgan fingerprint density at radius 2 is 1.77 bits per heavy atom. The summed E-state index contributed by atoms with van der Waals surface area (Å²) in [4.78, 5) is 16.4. The van der Waals surface area contributed by atoms with E-state index in [1.165, 1.54) is 17.5 Å². The molecule has 0 atom stereocenters. The molecule has 2 aromatic carbocycles. The van der Waals surface area contributed by atoms with Crippen molar-refractivity contribution < 1.29 is 13.2 Å². The van der Waals surface area contributed by atoms with Gasteiger partial charge in [-0.25, -0.2) is 13.4 Å². The highest BCUT2D eigenvalue weighted by Crippen LogP contribution is 2.20. The molecule has 0 saturated carbocycles. The first-order valence-electron chi connectivity index (χ1n) is 7.81. The summed E-state index contributed by atoms with van der Waals surface area (Å²) >= 11 is 1.06. The molecule has 0 saturated heterocycles. The SMILES string of the molecule is Cc1ccc(CNC(=O)c2csc(NS(=O)(=O)c3ccccc3)n2)cc1. The van der Waals surface area contributed by atoms with Gasteiger partial charge >= 0.3 is 0 Å². The fourth-order valence-corrected chi connectivity index (χ4v) is 4.14. The first-order chi connectivity index (χ1) is 12.4. The smallest absolute Gasteiger partial charge is 0.271 e. The van der Waals surface area contributed by atoms with Gasteiger partial charge in [0.25, 0.3) is 15.9 Å². The van der Waals surface area contributed by atoms with Crippen molar-refractivity contribution >= 4 is 32.4 Å². The van der Waals surface area contributed by atoms with Gasteiger partial charge in [0.1, 0.15) is 5.69 Å². The lowest BCUT2D eigenvalue weighted by atomic mass is 10.1. The number of nitrogens with one attached hydrogen (secondary N) is 2. The number of amides is 1. The number of hydrogen-bond acceptors (Lipinski definition) is 5. The standard InChI is InChI=1S/C18H17N3O3S2/c1-13-7-9-14(10-8-13)11-19-17(22)16-12-25-18(20-16)21-26(23,24)15-5-3-2-4-6-15/h2-10,12H,11H2,1H3,(H,19,22)(H,20,21). The van der Waals surface area contributed by atoms with Crippen LogP contribution in [0.4, 0.5) is 5.13 Å². The van der Waals surface area contributed by atoms with Crippen LogP contribution in [0.3, 0.4) is 0 Å². The lowest BCUT2D eigenvalue weighted by Gasteiger charge is -2.05. The number of anilines is 1. The Kier molecular flexibility index (Phi) is 5.34. The lowest BCUT2D eigenvalue weighted by molar-refractivity contribution is 0.0946. The van der Waals surface area contributed by atoms with Gasteiger partial charge in [-0.3, -0.25) is 9.52 Å². The van der Waals surface area contributed by atoms with E-state index in [0.717, 1.165) is 22.5 Å². The van der Waals surface area contributed by atoms with Gasteiger partial charge in [-0.05, 0) is 24.6 Å². The van der Waals surface area contributed by atoms with E-state index in [9.17, 15) is 13.2 Å². The Hall–Kier alpha value is -2.71. The van der Waals surface area contributed by atoms with E-state index >= 15 is 0 Å². The molecule has 3 aromatic rings. The average Bonchev–Trinajstić information content (AvgIpc) is 3.09. The third-order valence-corrected chi connectivity index (χ3v) is 5.83. The number of carbonyl (C=O) groups excluding carboxylic acids is 1. The maximum Gasteiger partial charge on any atom is 0.271 e. The average molecular weight is 387 g/mol. The molecule has 1 aromatic heterocycles. The van der Waals surface area contributed by atoms with Crippen molar-refractivity contribution in [1.29, 1.82) is 0 Å². The fourth-order valence-electron chi connectivity index (χ4n) is 2.18. The number of carbonyl (C=O) groups is 1. The number of rotatable bonds is 6. The normalized spacial score (nSPS) is 11.1. The van der Waals surface area contributed by atoms with Gasteiger partial charge in [-0.1, -0.05) is 48.0 Å². The van der Waals surface area contributed by atoms with Gasteiger partial charge in [-0.15, -0.1) is 11.3 Å². The molecule has 0 bridgehead atoms. The zero-order valence-electron chi connectivity index (χ0n) is 14.0. The molecular weight excluding hydrogens is 370 g/mol. The highest BCUT2D eigenvalue weighted by molar-refractivity contribution is 7.93. The number of hydrogen-bond donors (Lipinski definition) is 2. The molecule has 0 radical (unpaired) electrons. The van der Waals surface area contributed by atoms with Crippen LogP contribution in [0.15, 0.2) is 64.9 Å². The van der Waals surface area contributed by atoms with Crippen LogP contribution in [0.1, 0.15) is 21.6 Å². The van der Waals surface area contributed by atoms with Crippen LogP contribution < -0.4 is 10.0 Å². The molecule has 26 heavy (non-hydrogen) atoms. The summed E-state index contributed by atoms with van der Waals surface area (Å²) in [6.07, 6.45) is 0. The second-order valence-corrected chi connectivity index (χ2v) is 8.17. The van der Waals surface area contributed by atoms with Crippen molar-refractivity contribution in [3.63, 3.8) is 0 Å². The molecule has 1 heterocycles. The van der Waals surface area contributed by atoms with Crippen molar-refractivity contribution in [3.05, 3.63) is 76.8 Å². The summed E-state index contributed by atoms with van der Waals surface area (Å²) in [7, 11) is -3.72. The van der Waals surface area contributed by atoms with Crippen LogP contribution in [0, 0.1) is 6.92 Å². The van der Waals surface area contributed by atoms with E-state index in [4.69, 9.17) is 0 Å². The topological polar surface area (TPSA) is 88.2 Å². The number of benzene rings is 2. The molecule has 3 rings (SSSR count). The van der Waals surface area contributed by atoms with Gasteiger partial charge in [0.2, 0.25) is 0 Å². The summed E-state index contributed by atoms with van der Waals surface area (Å²) in [6.45, 7) is 2.37. The molecule has 0 unspecified atom stereocenters. The van der Waals surface area contributed by atoms with E-state index in [-0.39, 0.29) is 21.6 Å². The zero-order chi connectivity index (χ0) is 18.6. The van der Waals surface area contributed by atoms with E-state index < -0.39 is 10.0 Å². The van der Waals surface area contributed by atoms with Crippen molar-refractivity contribution in [1.82, 2.24) is 10.3 Å². The minimum atomic E-state index is -3.72. The monoisotopic (exact) mass is 387 g/mol. The fraction of sp³-hybridized carbons (Fsp3) is 0.111. The van der Waals surface area contributed by atoms with Crippen molar-refractivity contribution in [2.45, 2.75) is 18.4 Å². The van der Waals surface area contributed by atoms with Gasteiger partial charge in [0.15, 0.2) is 5.13 Å². The minimum absolute atomic E-state index is 0.139. The molecule has 6 nitrogen and oxygen atoms in total. The van der Waals surface area contributed by atoms with Crippen LogP contribution in [-0.2, 0) is 16.6 Å². The first-order valence-corrected chi connectivity index (χ1v) is 10.2. The van der Waals surface area contributed by atoms with Crippen LogP contribution in [0.5, 0.6) is 0 Å². The predicted octanol–water partition coefficient (Wildman–Crippen LogP) is 3.18. The molecule has 0 spiro atoms. The maximum absolute atomic E-state index is 12.3. The van der Waals surface area contributed by atoms with Crippen molar-refractivity contribution in [2.75, 3.05) is 4.72 Å². The van der Waals surface area contributed by atoms with Crippen LogP contribution in [0.2, 0.25) is 0 Å². The molecule has 134 valence electrons. The highest BCUT2D eigenvalue weighted by Gasteiger charge is 2.17.